The van der Waals surface area contributed by atoms with Crippen LogP contribution in [0.15, 0.2) is 66.9 Å². The topological polar surface area (TPSA) is 33.2 Å². The van der Waals surface area contributed by atoms with Crippen molar-refractivity contribution in [2.45, 2.75) is 18.9 Å². The Bertz CT molecular complexity index is 957. The highest BCUT2D eigenvalue weighted by atomic mass is 35.5. The van der Waals surface area contributed by atoms with E-state index in [0.29, 0.717) is 27.5 Å². The zero-order valence-corrected chi connectivity index (χ0v) is 14.7. The maximum atomic E-state index is 14.2. The third-order valence-electron chi connectivity index (χ3n) is 4.40. The molecule has 3 aromatic rings. The van der Waals surface area contributed by atoms with Crippen molar-refractivity contribution in [3.05, 3.63) is 83.3 Å². The van der Waals surface area contributed by atoms with Crippen molar-refractivity contribution in [3.63, 3.8) is 0 Å². The summed E-state index contributed by atoms with van der Waals surface area (Å²) in [5.41, 5.74) is 1.35. The van der Waals surface area contributed by atoms with Crippen molar-refractivity contribution < 1.29 is 9.18 Å². The van der Waals surface area contributed by atoms with Crippen LogP contribution >= 0.6 is 11.6 Å². The quantitative estimate of drug-likeness (QED) is 0.623. The third kappa shape index (κ3) is 3.20. The Hall–Kier alpha value is -2.72. The minimum atomic E-state index is -0.372. The number of carbonyl (C=O) groups is 1. The van der Waals surface area contributed by atoms with Crippen LogP contribution in [0.4, 0.5) is 10.2 Å². The maximum Gasteiger partial charge on any atom is 0.259 e. The molecule has 1 fully saturated rings. The number of hydrogen-bond acceptors (Lipinski definition) is 2. The zero-order chi connectivity index (χ0) is 18.1. The highest BCUT2D eigenvalue weighted by Crippen LogP contribution is 2.34. The molecule has 0 radical (unpaired) electrons. The van der Waals surface area contributed by atoms with Gasteiger partial charge in [-0.15, -0.1) is 0 Å². The van der Waals surface area contributed by atoms with Crippen LogP contribution in [0.1, 0.15) is 23.2 Å². The van der Waals surface area contributed by atoms with Gasteiger partial charge in [-0.3, -0.25) is 9.69 Å². The van der Waals surface area contributed by atoms with Crippen LogP contribution in [0, 0.1) is 5.82 Å². The van der Waals surface area contributed by atoms with Gasteiger partial charge in [0.1, 0.15) is 11.6 Å². The minimum Gasteiger partial charge on any atom is -0.290 e. The van der Waals surface area contributed by atoms with Gasteiger partial charge < -0.3 is 0 Å². The molecule has 0 spiro atoms. The van der Waals surface area contributed by atoms with Gasteiger partial charge in [0.05, 0.1) is 0 Å². The first-order valence-electron chi connectivity index (χ1n) is 8.44. The number of halogens is 2. The summed E-state index contributed by atoms with van der Waals surface area (Å²) in [6, 6.07) is 17.0. The Labute approximate surface area is 156 Å². The Morgan fingerprint density at radius 2 is 1.81 bits per heavy atom. The summed E-state index contributed by atoms with van der Waals surface area (Å²) in [6.07, 6.45) is 3.58. The van der Waals surface area contributed by atoms with Crippen LogP contribution < -0.4 is 4.90 Å². The van der Waals surface area contributed by atoms with Gasteiger partial charge in [0.15, 0.2) is 0 Å². The summed E-state index contributed by atoms with van der Waals surface area (Å²) in [5.74, 6) is 0.102. The SMILES string of the molecule is O=C(c1ccc(Cl)c(-c2ccccc2F)c1)N(c1ccccn1)C1CC1. The van der Waals surface area contributed by atoms with E-state index in [4.69, 9.17) is 11.6 Å². The number of amides is 1. The number of nitrogens with zero attached hydrogens (tertiary/aromatic N) is 2. The molecule has 2 aromatic carbocycles. The molecule has 3 nitrogen and oxygen atoms in total. The van der Waals surface area contributed by atoms with Crippen LogP contribution in [0.5, 0.6) is 0 Å². The average Bonchev–Trinajstić information content (AvgIpc) is 3.49. The van der Waals surface area contributed by atoms with E-state index in [-0.39, 0.29) is 17.8 Å². The fourth-order valence-electron chi connectivity index (χ4n) is 2.97. The molecule has 130 valence electrons. The first kappa shape index (κ1) is 16.7. The fourth-order valence-corrected chi connectivity index (χ4v) is 3.19. The van der Waals surface area contributed by atoms with Crippen molar-refractivity contribution in [3.8, 4) is 11.1 Å². The highest BCUT2D eigenvalue weighted by Gasteiger charge is 2.35. The number of aromatic nitrogens is 1. The van der Waals surface area contributed by atoms with Gasteiger partial charge in [0.2, 0.25) is 0 Å². The van der Waals surface area contributed by atoms with Crippen molar-refractivity contribution in [2.75, 3.05) is 4.90 Å². The smallest absolute Gasteiger partial charge is 0.259 e. The molecular weight excluding hydrogens is 351 g/mol. The normalized spacial score (nSPS) is 13.5. The number of hydrogen-bond donors (Lipinski definition) is 0. The van der Waals surface area contributed by atoms with Crippen LogP contribution in [-0.4, -0.2) is 16.9 Å². The monoisotopic (exact) mass is 366 g/mol. The Kier molecular flexibility index (Phi) is 4.43. The second-order valence-electron chi connectivity index (χ2n) is 6.27. The standard InChI is InChI=1S/C21H16ClFN2O/c22-18-11-8-14(13-17(18)16-5-1-2-6-19(16)23)21(26)25(15-9-10-15)20-7-3-4-12-24-20/h1-8,11-13,15H,9-10H2. The Balaban J connectivity index is 1.75. The summed E-state index contributed by atoms with van der Waals surface area (Å²) in [7, 11) is 0. The predicted molar refractivity (Wildman–Crippen MR) is 101 cm³/mol. The summed E-state index contributed by atoms with van der Waals surface area (Å²) < 4.78 is 14.2. The van der Waals surface area contributed by atoms with Gasteiger partial charge in [-0.05, 0) is 49.2 Å². The summed E-state index contributed by atoms with van der Waals surface area (Å²) in [4.78, 5) is 19.2. The molecule has 1 aliphatic carbocycles. The lowest BCUT2D eigenvalue weighted by atomic mass is 10.0. The van der Waals surface area contributed by atoms with Gasteiger partial charge in [-0.2, -0.15) is 0 Å². The summed E-state index contributed by atoms with van der Waals surface area (Å²) >= 11 is 6.27. The van der Waals surface area contributed by atoms with Crippen LogP contribution in [0.25, 0.3) is 11.1 Å². The van der Waals surface area contributed by atoms with Gasteiger partial charge in [0, 0.05) is 34.0 Å². The summed E-state index contributed by atoms with van der Waals surface area (Å²) in [5, 5.41) is 0.405. The highest BCUT2D eigenvalue weighted by molar-refractivity contribution is 6.33. The van der Waals surface area contributed by atoms with Gasteiger partial charge in [-0.1, -0.05) is 35.9 Å². The van der Waals surface area contributed by atoms with E-state index in [9.17, 15) is 9.18 Å². The van der Waals surface area contributed by atoms with E-state index < -0.39 is 0 Å². The number of anilines is 1. The molecular formula is C21H16ClFN2O. The molecule has 1 heterocycles. The van der Waals surface area contributed by atoms with E-state index in [1.165, 1.54) is 6.07 Å². The minimum absolute atomic E-state index is 0.152. The Morgan fingerprint density at radius 3 is 2.50 bits per heavy atom. The van der Waals surface area contributed by atoms with Crippen LogP contribution in [-0.2, 0) is 0 Å². The molecule has 4 rings (SSSR count). The fraction of sp³-hybridized carbons (Fsp3) is 0.143. The largest absolute Gasteiger partial charge is 0.290 e. The lowest BCUT2D eigenvalue weighted by molar-refractivity contribution is 0.0984. The van der Waals surface area contributed by atoms with Crippen molar-refractivity contribution in [1.82, 2.24) is 4.98 Å². The van der Waals surface area contributed by atoms with Crippen molar-refractivity contribution >= 4 is 23.3 Å². The molecule has 1 amide bonds. The predicted octanol–water partition coefficient (Wildman–Crippen LogP) is 5.35. The van der Waals surface area contributed by atoms with E-state index in [0.717, 1.165) is 12.8 Å². The molecule has 1 saturated carbocycles. The van der Waals surface area contributed by atoms with E-state index in [1.54, 1.807) is 47.5 Å². The number of carbonyl (C=O) groups excluding carboxylic acids is 1. The first-order valence-corrected chi connectivity index (χ1v) is 8.82. The summed E-state index contributed by atoms with van der Waals surface area (Å²) in [6.45, 7) is 0. The zero-order valence-electron chi connectivity index (χ0n) is 13.9. The number of rotatable bonds is 4. The molecule has 5 heteroatoms. The molecule has 0 aliphatic heterocycles. The van der Waals surface area contributed by atoms with E-state index >= 15 is 0 Å². The van der Waals surface area contributed by atoms with Gasteiger partial charge >= 0.3 is 0 Å². The second-order valence-corrected chi connectivity index (χ2v) is 6.68. The maximum absolute atomic E-state index is 14.2. The van der Waals surface area contributed by atoms with Gasteiger partial charge in [-0.25, -0.2) is 9.37 Å². The number of pyridine rings is 1. The lowest BCUT2D eigenvalue weighted by Gasteiger charge is -2.22. The van der Waals surface area contributed by atoms with E-state index in [1.807, 2.05) is 18.2 Å². The molecule has 26 heavy (non-hydrogen) atoms. The second kappa shape index (κ2) is 6.89. The molecule has 0 atom stereocenters. The van der Waals surface area contributed by atoms with Crippen LogP contribution in [0.3, 0.4) is 0 Å². The molecule has 1 aliphatic rings. The Morgan fingerprint density at radius 1 is 1.04 bits per heavy atom. The van der Waals surface area contributed by atoms with E-state index in [2.05, 4.69) is 4.98 Å². The van der Waals surface area contributed by atoms with Crippen LogP contribution in [0.2, 0.25) is 5.02 Å². The average molecular weight is 367 g/mol. The molecule has 1 aromatic heterocycles. The molecule has 0 bridgehead atoms. The van der Waals surface area contributed by atoms with Gasteiger partial charge in [0.25, 0.3) is 5.91 Å². The van der Waals surface area contributed by atoms with Crippen molar-refractivity contribution in [2.24, 2.45) is 0 Å². The molecule has 0 unspecified atom stereocenters. The third-order valence-corrected chi connectivity index (χ3v) is 4.73. The number of benzene rings is 2. The molecule has 0 saturated heterocycles. The first-order chi connectivity index (χ1) is 12.6. The molecule has 0 N–H and O–H groups in total. The van der Waals surface area contributed by atoms with Crippen molar-refractivity contribution in [1.29, 1.82) is 0 Å². The lowest BCUT2D eigenvalue weighted by Crippen LogP contribution is -2.33.